The van der Waals surface area contributed by atoms with E-state index in [1.165, 1.54) is 32.1 Å². The molecule has 1 heteroatoms. The summed E-state index contributed by atoms with van der Waals surface area (Å²) >= 11 is 0. The van der Waals surface area contributed by atoms with Gasteiger partial charge in [-0.25, -0.2) is 0 Å². The number of hydrogen-bond acceptors (Lipinski definition) is 1. The minimum absolute atomic E-state index is 0.700. The van der Waals surface area contributed by atoms with Crippen LogP contribution in [0.3, 0.4) is 0 Å². The van der Waals surface area contributed by atoms with E-state index in [1.54, 1.807) is 0 Å². The first-order valence-corrected chi connectivity index (χ1v) is 5.85. The van der Waals surface area contributed by atoms with Gasteiger partial charge in [-0.15, -0.1) is 0 Å². The summed E-state index contributed by atoms with van der Waals surface area (Å²) < 4.78 is 0. The zero-order chi connectivity index (χ0) is 9.84. The lowest BCUT2D eigenvalue weighted by molar-refractivity contribution is 0.139. The van der Waals surface area contributed by atoms with Gasteiger partial charge in [0.2, 0.25) is 0 Å². The van der Waals surface area contributed by atoms with Crippen molar-refractivity contribution < 1.29 is 0 Å². The lowest BCUT2D eigenvalue weighted by atomic mass is 9.95. The Kier molecular flexibility index (Phi) is 4.24. The molecule has 0 aromatic carbocycles. The summed E-state index contributed by atoms with van der Waals surface area (Å²) in [6.45, 7) is 7.03. The molecule has 2 atom stereocenters. The molecule has 1 saturated carbocycles. The van der Waals surface area contributed by atoms with E-state index in [9.17, 15) is 0 Å². The molecule has 0 bridgehead atoms. The van der Waals surface area contributed by atoms with E-state index in [0.29, 0.717) is 6.04 Å². The van der Waals surface area contributed by atoms with Crippen LogP contribution in [-0.2, 0) is 0 Å². The monoisotopic (exact) mass is 183 g/mol. The molecule has 1 aliphatic rings. The minimum atomic E-state index is 0.700. The van der Waals surface area contributed by atoms with Crippen LogP contribution in [0.5, 0.6) is 0 Å². The van der Waals surface area contributed by atoms with Crippen LogP contribution in [0.15, 0.2) is 0 Å². The second kappa shape index (κ2) is 4.99. The van der Waals surface area contributed by atoms with E-state index >= 15 is 0 Å². The van der Waals surface area contributed by atoms with Crippen LogP contribution in [0.4, 0.5) is 0 Å². The van der Waals surface area contributed by atoms with E-state index in [4.69, 9.17) is 0 Å². The molecule has 1 rings (SSSR count). The largest absolute Gasteiger partial charge is 0.301 e. The number of nitrogens with zero attached hydrogens (tertiary/aromatic N) is 1. The van der Waals surface area contributed by atoms with Crippen molar-refractivity contribution in [3.8, 4) is 0 Å². The molecule has 78 valence electrons. The Morgan fingerprint density at radius 3 is 2.31 bits per heavy atom. The summed E-state index contributed by atoms with van der Waals surface area (Å²) in [4.78, 5) is 2.57. The first kappa shape index (κ1) is 11.0. The molecule has 1 fully saturated rings. The van der Waals surface area contributed by atoms with Gasteiger partial charge in [0.05, 0.1) is 0 Å². The fourth-order valence-electron chi connectivity index (χ4n) is 2.46. The fourth-order valence-corrected chi connectivity index (χ4v) is 2.46. The highest BCUT2D eigenvalue weighted by Gasteiger charge is 2.24. The molecule has 0 aliphatic heterocycles. The molecule has 2 unspecified atom stereocenters. The molecule has 0 heterocycles. The van der Waals surface area contributed by atoms with Crippen LogP contribution in [-0.4, -0.2) is 24.0 Å². The van der Waals surface area contributed by atoms with Crippen LogP contribution >= 0.6 is 0 Å². The van der Waals surface area contributed by atoms with Gasteiger partial charge in [0.1, 0.15) is 0 Å². The van der Waals surface area contributed by atoms with E-state index in [-0.39, 0.29) is 0 Å². The SMILES string of the molecule is CC1CCCCCC1N(C)C(C)C. The number of hydrogen-bond donors (Lipinski definition) is 0. The Morgan fingerprint density at radius 2 is 1.69 bits per heavy atom. The Bertz CT molecular complexity index is 142. The smallest absolute Gasteiger partial charge is 0.0120 e. The molecule has 0 aromatic heterocycles. The third-order valence-electron chi connectivity index (χ3n) is 3.65. The van der Waals surface area contributed by atoms with E-state index in [0.717, 1.165) is 12.0 Å². The highest BCUT2D eigenvalue weighted by Crippen LogP contribution is 2.27. The first-order valence-electron chi connectivity index (χ1n) is 5.85. The van der Waals surface area contributed by atoms with E-state index in [1.807, 2.05) is 0 Å². The average Bonchev–Trinajstić information content (AvgIpc) is 2.28. The molecule has 1 nitrogen and oxygen atoms in total. The second-order valence-corrected chi connectivity index (χ2v) is 4.94. The Hall–Kier alpha value is -0.0400. The zero-order valence-corrected chi connectivity index (χ0v) is 9.71. The van der Waals surface area contributed by atoms with Crippen molar-refractivity contribution in [2.75, 3.05) is 7.05 Å². The zero-order valence-electron chi connectivity index (χ0n) is 9.71. The summed E-state index contributed by atoms with van der Waals surface area (Å²) in [6.07, 6.45) is 7.18. The summed E-state index contributed by atoms with van der Waals surface area (Å²) in [6, 6.07) is 1.54. The van der Waals surface area contributed by atoms with Crippen LogP contribution in [0.25, 0.3) is 0 Å². The molecule has 0 spiro atoms. The van der Waals surface area contributed by atoms with Crippen molar-refractivity contribution in [2.24, 2.45) is 5.92 Å². The van der Waals surface area contributed by atoms with Crippen molar-refractivity contribution in [1.29, 1.82) is 0 Å². The molecule has 0 N–H and O–H groups in total. The summed E-state index contributed by atoms with van der Waals surface area (Å²) in [5.41, 5.74) is 0. The quantitative estimate of drug-likeness (QED) is 0.594. The Morgan fingerprint density at radius 1 is 1.08 bits per heavy atom. The highest BCUT2D eigenvalue weighted by molar-refractivity contribution is 4.79. The van der Waals surface area contributed by atoms with Gasteiger partial charge in [-0.05, 0) is 39.7 Å². The topological polar surface area (TPSA) is 3.24 Å². The van der Waals surface area contributed by atoms with Crippen LogP contribution in [0.2, 0.25) is 0 Å². The average molecular weight is 183 g/mol. The van der Waals surface area contributed by atoms with Crippen molar-refractivity contribution >= 4 is 0 Å². The maximum Gasteiger partial charge on any atom is 0.0120 e. The molecule has 0 saturated heterocycles. The Labute approximate surface area is 83.5 Å². The molecular weight excluding hydrogens is 158 g/mol. The molecule has 0 aromatic rings. The molecule has 13 heavy (non-hydrogen) atoms. The van der Waals surface area contributed by atoms with Crippen LogP contribution < -0.4 is 0 Å². The minimum Gasteiger partial charge on any atom is -0.301 e. The van der Waals surface area contributed by atoms with Crippen molar-refractivity contribution in [2.45, 2.75) is 65.0 Å². The lowest BCUT2D eigenvalue weighted by Gasteiger charge is -2.34. The normalized spacial score (nSPS) is 30.9. The van der Waals surface area contributed by atoms with Gasteiger partial charge >= 0.3 is 0 Å². The van der Waals surface area contributed by atoms with Crippen LogP contribution in [0, 0.1) is 5.92 Å². The fraction of sp³-hybridized carbons (Fsp3) is 1.00. The van der Waals surface area contributed by atoms with Gasteiger partial charge in [0, 0.05) is 12.1 Å². The molecule has 0 amide bonds. The Balaban J connectivity index is 2.53. The van der Waals surface area contributed by atoms with E-state index in [2.05, 4.69) is 32.7 Å². The van der Waals surface area contributed by atoms with Gasteiger partial charge in [-0.1, -0.05) is 26.2 Å². The van der Waals surface area contributed by atoms with Gasteiger partial charge in [0.25, 0.3) is 0 Å². The third kappa shape index (κ3) is 2.98. The van der Waals surface area contributed by atoms with Gasteiger partial charge in [-0.2, -0.15) is 0 Å². The van der Waals surface area contributed by atoms with Crippen molar-refractivity contribution in [3.05, 3.63) is 0 Å². The van der Waals surface area contributed by atoms with Crippen LogP contribution in [0.1, 0.15) is 52.9 Å². The predicted molar refractivity (Wildman–Crippen MR) is 58.9 cm³/mol. The molecular formula is C12H25N. The van der Waals surface area contributed by atoms with Gasteiger partial charge < -0.3 is 4.90 Å². The second-order valence-electron chi connectivity index (χ2n) is 4.94. The highest BCUT2D eigenvalue weighted by atomic mass is 15.2. The first-order chi connectivity index (χ1) is 6.13. The van der Waals surface area contributed by atoms with Crippen molar-refractivity contribution in [3.63, 3.8) is 0 Å². The standard InChI is InChI=1S/C12H25N/c1-10(2)13(4)12-9-7-5-6-8-11(12)3/h10-12H,5-9H2,1-4H3. The molecule has 0 radical (unpaired) electrons. The third-order valence-corrected chi connectivity index (χ3v) is 3.65. The maximum atomic E-state index is 2.57. The molecule has 1 aliphatic carbocycles. The maximum absolute atomic E-state index is 2.57. The van der Waals surface area contributed by atoms with E-state index < -0.39 is 0 Å². The summed E-state index contributed by atoms with van der Waals surface area (Å²) in [5.74, 6) is 0.898. The number of rotatable bonds is 2. The van der Waals surface area contributed by atoms with Crippen molar-refractivity contribution in [1.82, 2.24) is 4.90 Å². The van der Waals surface area contributed by atoms with Gasteiger partial charge in [0.15, 0.2) is 0 Å². The summed E-state index contributed by atoms with van der Waals surface area (Å²) in [7, 11) is 2.29. The lowest BCUT2D eigenvalue weighted by Crippen LogP contribution is -2.40. The summed E-state index contributed by atoms with van der Waals surface area (Å²) in [5, 5.41) is 0. The van der Waals surface area contributed by atoms with Gasteiger partial charge in [-0.3, -0.25) is 0 Å². The predicted octanol–water partition coefficient (Wildman–Crippen LogP) is 3.30.